The Balaban J connectivity index is 1.83. The number of morpholine rings is 1. The molecule has 128 valence electrons. The summed E-state index contributed by atoms with van der Waals surface area (Å²) in [7, 11) is 0. The summed E-state index contributed by atoms with van der Waals surface area (Å²) >= 11 is 1.52. The molecule has 0 spiro atoms. The highest BCUT2D eigenvalue weighted by atomic mass is 32.1. The average molecular weight is 345 g/mol. The van der Waals surface area contributed by atoms with Crippen LogP contribution in [0.5, 0.6) is 0 Å². The first-order valence-corrected chi connectivity index (χ1v) is 9.05. The van der Waals surface area contributed by atoms with Gasteiger partial charge in [-0.05, 0) is 25.5 Å². The first kappa shape index (κ1) is 17.1. The molecule has 24 heavy (non-hydrogen) atoms. The van der Waals surface area contributed by atoms with Crippen LogP contribution in [0.4, 0.5) is 10.8 Å². The summed E-state index contributed by atoms with van der Waals surface area (Å²) in [6.45, 7) is 9.89. The summed E-state index contributed by atoms with van der Waals surface area (Å²) in [5.74, 6) is -0.0192. The number of aromatic nitrogens is 1. The van der Waals surface area contributed by atoms with Crippen LogP contribution >= 0.6 is 11.3 Å². The van der Waals surface area contributed by atoms with E-state index in [-0.39, 0.29) is 5.91 Å². The van der Waals surface area contributed by atoms with E-state index in [9.17, 15) is 4.79 Å². The summed E-state index contributed by atoms with van der Waals surface area (Å²) in [6.07, 6.45) is 0. The van der Waals surface area contributed by atoms with E-state index in [1.165, 1.54) is 16.9 Å². The number of rotatable bonds is 4. The Hall–Kier alpha value is -1.76. The first-order valence-electron chi connectivity index (χ1n) is 8.17. The van der Waals surface area contributed by atoms with E-state index in [0.29, 0.717) is 0 Å². The number of anilines is 2. The Morgan fingerprint density at radius 2 is 2.08 bits per heavy atom. The largest absolute Gasteiger partial charge is 0.379 e. The van der Waals surface area contributed by atoms with E-state index < -0.39 is 0 Å². The number of hydrogen-bond donors (Lipinski definition) is 0. The van der Waals surface area contributed by atoms with Gasteiger partial charge in [0.1, 0.15) is 0 Å². The van der Waals surface area contributed by atoms with Crippen molar-refractivity contribution in [2.24, 2.45) is 0 Å². The van der Waals surface area contributed by atoms with Crippen molar-refractivity contribution in [1.29, 1.82) is 0 Å². The zero-order chi connectivity index (χ0) is 17.1. The fraction of sp³-hybridized carbons (Fsp3) is 0.444. The number of amides is 1. The van der Waals surface area contributed by atoms with Gasteiger partial charge >= 0.3 is 0 Å². The van der Waals surface area contributed by atoms with Gasteiger partial charge in [0, 0.05) is 31.9 Å². The second-order valence-corrected chi connectivity index (χ2v) is 6.99. The molecule has 0 radical (unpaired) electrons. The number of carbonyl (C=O) groups is 1. The summed E-state index contributed by atoms with van der Waals surface area (Å²) in [5.41, 5.74) is 4.18. The maximum absolute atomic E-state index is 12.2. The molecule has 3 rings (SSSR count). The standard InChI is InChI=1S/C18H23N3O2S/c1-13-4-5-17(14(2)10-13)21(15(3)22)18-19-16(12-24-18)11-20-6-8-23-9-7-20/h4-5,10,12H,6-9,11H2,1-3H3. The van der Waals surface area contributed by atoms with Crippen LogP contribution in [0.3, 0.4) is 0 Å². The molecular weight excluding hydrogens is 322 g/mol. The molecule has 0 bridgehead atoms. The molecule has 1 amide bonds. The average Bonchev–Trinajstić information content (AvgIpc) is 2.98. The van der Waals surface area contributed by atoms with Crippen LogP contribution in [0.15, 0.2) is 23.6 Å². The van der Waals surface area contributed by atoms with E-state index in [2.05, 4.69) is 17.9 Å². The summed E-state index contributed by atoms with van der Waals surface area (Å²) < 4.78 is 5.38. The molecule has 1 saturated heterocycles. The lowest BCUT2D eigenvalue weighted by atomic mass is 10.1. The third-order valence-corrected chi connectivity index (χ3v) is 5.00. The Morgan fingerprint density at radius 1 is 1.33 bits per heavy atom. The Kier molecular flexibility index (Phi) is 5.28. The van der Waals surface area contributed by atoms with Gasteiger partial charge in [-0.25, -0.2) is 4.98 Å². The number of aryl methyl sites for hydroxylation is 2. The normalized spacial score (nSPS) is 15.5. The molecule has 5 nitrogen and oxygen atoms in total. The molecule has 6 heteroatoms. The first-order chi connectivity index (χ1) is 11.5. The van der Waals surface area contributed by atoms with Crippen molar-refractivity contribution < 1.29 is 9.53 Å². The SMILES string of the molecule is CC(=O)N(c1nc(CN2CCOCC2)cs1)c1ccc(C)cc1C. The van der Waals surface area contributed by atoms with Crippen molar-refractivity contribution in [3.63, 3.8) is 0 Å². The van der Waals surface area contributed by atoms with Crippen LogP contribution in [0.2, 0.25) is 0 Å². The second kappa shape index (κ2) is 7.42. The quantitative estimate of drug-likeness (QED) is 0.853. The van der Waals surface area contributed by atoms with E-state index >= 15 is 0 Å². The van der Waals surface area contributed by atoms with Crippen molar-refractivity contribution in [3.05, 3.63) is 40.4 Å². The molecule has 1 aromatic heterocycles. The summed E-state index contributed by atoms with van der Waals surface area (Å²) in [5, 5.41) is 2.78. The van der Waals surface area contributed by atoms with Gasteiger partial charge in [-0.1, -0.05) is 17.7 Å². The minimum absolute atomic E-state index is 0.0192. The smallest absolute Gasteiger partial charge is 0.230 e. The Bertz CT molecular complexity index is 723. The Morgan fingerprint density at radius 3 is 2.75 bits per heavy atom. The van der Waals surface area contributed by atoms with Crippen LogP contribution in [-0.2, 0) is 16.1 Å². The molecule has 1 aromatic carbocycles. The minimum Gasteiger partial charge on any atom is -0.379 e. The zero-order valence-corrected chi connectivity index (χ0v) is 15.2. The van der Waals surface area contributed by atoms with Gasteiger partial charge in [-0.2, -0.15) is 0 Å². The van der Waals surface area contributed by atoms with Gasteiger partial charge in [0.2, 0.25) is 5.91 Å². The van der Waals surface area contributed by atoms with Gasteiger partial charge in [-0.3, -0.25) is 14.6 Å². The summed E-state index contributed by atoms with van der Waals surface area (Å²) in [4.78, 5) is 21.0. The number of nitrogens with zero attached hydrogens (tertiary/aromatic N) is 3. The van der Waals surface area contributed by atoms with Crippen LogP contribution in [0.25, 0.3) is 0 Å². The zero-order valence-electron chi connectivity index (χ0n) is 14.4. The summed E-state index contributed by atoms with van der Waals surface area (Å²) in [6, 6.07) is 6.11. The highest BCUT2D eigenvalue weighted by molar-refractivity contribution is 7.14. The third kappa shape index (κ3) is 3.83. The number of carbonyl (C=O) groups excluding carboxylic acids is 1. The van der Waals surface area contributed by atoms with Crippen molar-refractivity contribution in [2.75, 3.05) is 31.2 Å². The van der Waals surface area contributed by atoms with Crippen molar-refractivity contribution in [2.45, 2.75) is 27.3 Å². The molecule has 0 saturated carbocycles. The van der Waals surface area contributed by atoms with E-state index in [1.54, 1.807) is 11.8 Å². The highest BCUT2D eigenvalue weighted by Crippen LogP contribution is 2.32. The lowest BCUT2D eigenvalue weighted by Crippen LogP contribution is -2.35. The minimum atomic E-state index is -0.0192. The van der Waals surface area contributed by atoms with E-state index in [1.807, 2.05) is 24.4 Å². The van der Waals surface area contributed by atoms with Crippen molar-refractivity contribution in [1.82, 2.24) is 9.88 Å². The van der Waals surface area contributed by atoms with Crippen LogP contribution < -0.4 is 4.90 Å². The van der Waals surface area contributed by atoms with Gasteiger partial charge in [0.15, 0.2) is 5.13 Å². The molecule has 0 aliphatic carbocycles. The van der Waals surface area contributed by atoms with Gasteiger partial charge in [0.25, 0.3) is 0 Å². The molecule has 1 aliphatic rings. The third-order valence-electron chi connectivity index (χ3n) is 4.13. The van der Waals surface area contributed by atoms with Crippen molar-refractivity contribution in [3.8, 4) is 0 Å². The highest BCUT2D eigenvalue weighted by Gasteiger charge is 2.20. The van der Waals surface area contributed by atoms with Gasteiger partial charge in [-0.15, -0.1) is 11.3 Å². The topological polar surface area (TPSA) is 45.7 Å². The second-order valence-electron chi connectivity index (χ2n) is 6.15. The molecular formula is C18H23N3O2S. The lowest BCUT2D eigenvalue weighted by molar-refractivity contribution is -0.115. The van der Waals surface area contributed by atoms with Crippen molar-refractivity contribution >= 4 is 28.1 Å². The number of benzene rings is 1. The molecule has 1 aliphatic heterocycles. The van der Waals surface area contributed by atoms with Crippen LogP contribution in [0, 0.1) is 13.8 Å². The monoisotopic (exact) mass is 345 g/mol. The fourth-order valence-corrected chi connectivity index (χ4v) is 3.79. The molecule has 0 N–H and O–H groups in total. The molecule has 0 atom stereocenters. The van der Waals surface area contributed by atoms with Gasteiger partial charge in [0.05, 0.1) is 24.6 Å². The molecule has 2 heterocycles. The number of ether oxygens (including phenoxy) is 1. The lowest BCUT2D eigenvalue weighted by Gasteiger charge is -2.25. The number of thiazole rings is 1. The van der Waals surface area contributed by atoms with E-state index in [4.69, 9.17) is 9.72 Å². The molecule has 2 aromatic rings. The maximum atomic E-state index is 12.2. The Labute approximate surface area is 146 Å². The number of hydrogen-bond acceptors (Lipinski definition) is 5. The predicted octanol–water partition coefficient (Wildman–Crippen LogP) is 3.28. The molecule has 1 fully saturated rings. The fourth-order valence-electron chi connectivity index (χ4n) is 2.92. The van der Waals surface area contributed by atoms with Crippen LogP contribution in [-0.4, -0.2) is 42.1 Å². The van der Waals surface area contributed by atoms with Crippen LogP contribution in [0.1, 0.15) is 23.7 Å². The van der Waals surface area contributed by atoms with Gasteiger partial charge < -0.3 is 4.74 Å². The predicted molar refractivity (Wildman–Crippen MR) is 96.9 cm³/mol. The molecule has 0 unspecified atom stereocenters. The van der Waals surface area contributed by atoms with E-state index in [0.717, 1.165) is 54.9 Å². The maximum Gasteiger partial charge on any atom is 0.230 e.